The summed E-state index contributed by atoms with van der Waals surface area (Å²) in [5.74, 6) is -0.314. The van der Waals surface area contributed by atoms with E-state index in [-0.39, 0.29) is 35.4 Å². The lowest BCUT2D eigenvalue weighted by Gasteiger charge is -2.31. The normalized spacial score (nSPS) is 18.0. The molecule has 2 fully saturated rings. The van der Waals surface area contributed by atoms with Gasteiger partial charge in [-0.05, 0) is 49.9 Å². The number of sulfonamides is 1. The highest BCUT2D eigenvalue weighted by molar-refractivity contribution is 7.89. The molecule has 0 atom stereocenters. The average Bonchev–Trinajstić information content (AvgIpc) is 3.34. The monoisotopic (exact) mass is 438 g/mol. The second-order valence-corrected chi connectivity index (χ2v) is 9.89. The van der Waals surface area contributed by atoms with E-state index in [4.69, 9.17) is 0 Å². The van der Waals surface area contributed by atoms with Crippen molar-refractivity contribution in [2.75, 3.05) is 36.4 Å². The quantitative estimate of drug-likeness (QED) is 0.774. The van der Waals surface area contributed by atoms with Crippen LogP contribution in [-0.2, 0) is 14.8 Å². The molecule has 2 aliphatic rings. The number of carbonyl (C=O) groups excluding carboxylic acids is 1. The Hall–Kier alpha value is -2.89. The molecule has 2 heterocycles. The Balaban J connectivity index is 1.42. The summed E-state index contributed by atoms with van der Waals surface area (Å²) in [6, 6.07) is 16.0. The molecule has 2 saturated heterocycles. The molecule has 2 aromatic rings. The molecule has 0 bridgehead atoms. The molecule has 0 radical (unpaired) electrons. The fraction of sp³-hybridized carbons (Fsp3) is 0.391. The maximum absolute atomic E-state index is 13.0. The second-order valence-electron chi connectivity index (χ2n) is 7.99. The lowest BCUT2D eigenvalue weighted by atomic mass is 9.97. The first kappa shape index (κ1) is 21.3. The molecule has 4 rings (SSSR count). The van der Waals surface area contributed by atoms with Crippen LogP contribution in [0.5, 0.6) is 0 Å². The third kappa shape index (κ3) is 4.43. The third-order valence-corrected chi connectivity index (χ3v) is 8.02. The number of hydrogen-bond donors (Lipinski definition) is 1. The standard InChI is InChI=1S/C23H26N4O3S/c24-17-19-7-1-4-10-22(19)31(29,30)27-15-11-18(12-16-27)23(28)25-20-8-2-3-9-21(20)26-13-5-6-14-26/h1-4,7-10,18H,5-6,11-16H2,(H,25,28). The number of rotatable bonds is 5. The molecule has 2 aromatic carbocycles. The second kappa shape index (κ2) is 9.08. The first-order valence-electron chi connectivity index (χ1n) is 10.6. The van der Waals surface area contributed by atoms with Crippen LogP contribution in [0.2, 0.25) is 0 Å². The van der Waals surface area contributed by atoms with Crippen LogP contribution < -0.4 is 10.2 Å². The minimum absolute atomic E-state index is 0.0277. The summed E-state index contributed by atoms with van der Waals surface area (Å²) in [6.07, 6.45) is 3.21. The first-order valence-corrected chi connectivity index (χ1v) is 12.1. The van der Waals surface area contributed by atoms with Crippen LogP contribution >= 0.6 is 0 Å². The molecule has 0 saturated carbocycles. The molecule has 162 valence electrons. The van der Waals surface area contributed by atoms with Gasteiger partial charge in [0.15, 0.2) is 0 Å². The van der Waals surface area contributed by atoms with Crippen LogP contribution in [0, 0.1) is 17.2 Å². The van der Waals surface area contributed by atoms with Crippen molar-refractivity contribution in [3.05, 3.63) is 54.1 Å². The Kier molecular flexibility index (Phi) is 6.25. The Morgan fingerprint density at radius 3 is 2.32 bits per heavy atom. The number of para-hydroxylation sites is 2. The zero-order valence-corrected chi connectivity index (χ0v) is 18.1. The Morgan fingerprint density at radius 1 is 0.968 bits per heavy atom. The molecule has 2 aliphatic heterocycles. The molecule has 31 heavy (non-hydrogen) atoms. The third-order valence-electron chi connectivity index (χ3n) is 6.06. The Bertz CT molecular complexity index is 1100. The fourth-order valence-corrected chi connectivity index (χ4v) is 5.94. The van der Waals surface area contributed by atoms with E-state index in [9.17, 15) is 18.5 Å². The van der Waals surface area contributed by atoms with Gasteiger partial charge in [-0.25, -0.2) is 8.42 Å². The minimum atomic E-state index is -3.76. The Morgan fingerprint density at radius 2 is 1.61 bits per heavy atom. The van der Waals surface area contributed by atoms with Gasteiger partial charge in [-0.3, -0.25) is 4.79 Å². The average molecular weight is 439 g/mol. The summed E-state index contributed by atoms with van der Waals surface area (Å²) < 4.78 is 27.4. The van der Waals surface area contributed by atoms with Gasteiger partial charge in [-0.2, -0.15) is 9.57 Å². The molecule has 1 N–H and O–H groups in total. The van der Waals surface area contributed by atoms with Crippen molar-refractivity contribution in [3.8, 4) is 6.07 Å². The van der Waals surface area contributed by atoms with Crippen LogP contribution in [0.4, 0.5) is 11.4 Å². The van der Waals surface area contributed by atoms with Crippen molar-refractivity contribution >= 4 is 27.3 Å². The molecule has 0 aromatic heterocycles. The summed E-state index contributed by atoms with van der Waals surface area (Å²) in [4.78, 5) is 15.2. The van der Waals surface area contributed by atoms with Crippen molar-refractivity contribution in [3.63, 3.8) is 0 Å². The summed E-state index contributed by atoms with van der Waals surface area (Å²) in [6.45, 7) is 2.50. The predicted octanol–water partition coefficient (Wildman–Crippen LogP) is 3.20. The van der Waals surface area contributed by atoms with Gasteiger partial charge < -0.3 is 10.2 Å². The molecular weight excluding hydrogens is 412 g/mol. The number of benzene rings is 2. The van der Waals surface area contributed by atoms with Gasteiger partial charge >= 0.3 is 0 Å². The van der Waals surface area contributed by atoms with Crippen molar-refractivity contribution in [2.24, 2.45) is 5.92 Å². The smallest absolute Gasteiger partial charge is 0.244 e. The van der Waals surface area contributed by atoms with Crippen LogP contribution in [-0.4, -0.2) is 44.8 Å². The maximum Gasteiger partial charge on any atom is 0.244 e. The molecule has 8 heteroatoms. The number of nitrogens with zero attached hydrogens (tertiary/aromatic N) is 3. The summed E-state index contributed by atoms with van der Waals surface area (Å²) in [7, 11) is -3.76. The highest BCUT2D eigenvalue weighted by Gasteiger charge is 2.33. The number of hydrogen-bond acceptors (Lipinski definition) is 5. The van der Waals surface area contributed by atoms with E-state index in [1.807, 2.05) is 30.3 Å². The highest BCUT2D eigenvalue weighted by Crippen LogP contribution is 2.31. The van der Waals surface area contributed by atoms with Crippen LogP contribution in [0.1, 0.15) is 31.2 Å². The number of nitrogens with one attached hydrogen (secondary N) is 1. The number of piperidine rings is 1. The van der Waals surface area contributed by atoms with E-state index in [0.29, 0.717) is 12.8 Å². The van der Waals surface area contributed by atoms with E-state index in [1.54, 1.807) is 12.1 Å². The van der Waals surface area contributed by atoms with E-state index < -0.39 is 10.0 Å². The fourth-order valence-electron chi connectivity index (χ4n) is 4.33. The summed E-state index contributed by atoms with van der Waals surface area (Å²) in [5, 5.41) is 12.3. The molecule has 0 aliphatic carbocycles. The Labute approximate surface area is 183 Å². The number of carbonyl (C=O) groups is 1. The first-order chi connectivity index (χ1) is 15.0. The van der Waals surface area contributed by atoms with Gasteiger partial charge in [0.2, 0.25) is 15.9 Å². The van der Waals surface area contributed by atoms with Gasteiger partial charge in [0.05, 0.1) is 21.8 Å². The predicted molar refractivity (Wildman–Crippen MR) is 119 cm³/mol. The van der Waals surface area contributed by atoms with Crippen LogP contribution in [0.25, 0.3) is 0 Å². The van der Waals surface area contributed by atoms with Gasteiger partial charge in [0.1, 0.15) is 6.07 Å². The SMILES string of the molecule is N#Cc1ccccc1S(=O)(=O)N1CCC(C(=O)Nc2ccccc2N2CCCC2)CC1. The van der Waals surface area contributed by atoms with E-state index >= 15 is 0 Å². The van der Waals surface area contributed by atoms with Crippen LogP contribution in [0.15, 0.2) is 53.4 Å². The van der Waals surface area contributed by atoms with Gasteiger partial charge in [0.25, 0.3) is 0 Å². The van der Waals surface area contributed by atoms with Crippen molar-refractivity contribution in [1.29, 1.82) is 5.26 Å². The largest absolute Gasteiger partial charge is 0.370 e. The molecule has 0 unspecified atom stereocenters. The molecular formula is C23H26N4O3S. The lowest BCUT2D eigenvalue weighted by molar-refractivity contribution is -0.120. The number of amides is 1. The van der Waals surface area contributed by atoms with Crippen molar-refractivity contribution in [2.45, 2.75) is 30.6 Å². The lowest BCUT2D eigenvalue weighted by Crippen LogP contribution is -2.41. The highest BCUT2D eigenvalue weighted by atomic mass is 32.2. The van der Waals surface area contributed by atoms with E-state index in [0.717, 1.165) is 37.3 Å². The summed E-state index contributed by atoms with van der Waals surface area (Å²) >= 11 is 0. The topological polar surface area (TPSA) is 93.5 Å². The zero-order chi connectivity index (χ0) is 21.8. The van der Waals surface area contributed by atoms with Crippen molar-refractivity contribution < 1.29 is 13.2 Å². The van der Waals surface area contributed by atoms with Crippen molar-refractivity contribution in [1.82, 2.24) is 4.31 Å². The zero-order valence-electron chi connectivity index (χ0n) is 17.3. The summed E-state index contributed by atoms with van der Waals surface area (Å²) in [5.41, 5.74) is 2.00. The number of anilines is 2. The number of nitriles is 1. The van der Waals surface area contributed by atoms with Gasteiger partial charge in [-0.15, -0.1) is 0 Å². The minimum Gasteiger partial charge on any atom is -0.370 e. The molecule has 0 spiro atoms. The van der Waals surface area contributed by atoms with Crippen LogP contribution in [0.3, 0.4) is 0 Å². The van der Waals surface area contributed by atoms with E-state index in [1.165, 1.54) is 16.4 Å². The molecule has 7 nitrogen and oxygen atoms in total. The molecule has 1 amide bonds. The van der Waals surface area contributed by atoms with Gasteiger partial charge in [0, 0.05) is 32.1 Å². The van der Waals surface area contributed by atoms with E-state index in [2.05, 4.69) is 10.2 Å². The van der Waals surface area contributed by atoms with Gasteiger partial charge in [-0.1, -0.05) is 24.3 Å². The maximum atomic E-state index is 13.0.